The normalized spacial score (nSPS) is 15.5. The van der Waals surface area contributed by atoms with Crippen LogP contribution < -0.4 is 15.4 Å². The van der Waals surface area contributed by atoms with Crippen molar-refractivity contribution in [3.63, 3.8) is 0 Å². The molecule has 206 valence electrons. The van der Waals surface area contributed by atoms with Crippen molar-refractivity contribution in [2.45, 2.75) is 51.6 Å². The Hall–Kier alpha value is -4.24. The number of likely N-dealkylation sites (N-methyl/N-ethyl adjacent to an activating group) is 1. The van der Waals surface area contributed by atoms with Gasteiger partial charge in [0.1, 0.15) is 11.6 Å². The van der Waals surface area contributed by atoms with Crippen molar-refractivity contribution in [1.29, 1.82) is 0 Å². The molecule has 0 bridgehead atoms. The number of nitrogens with one attached hydrogen (secondary N) is 3. The number of hydrogen-bond donors (Lipinski definition) is 3. The molecule has 4 aromatic rings. The molecular formula is C31H35N7O2. The second-order valence-corrected chi connectivity index (χ2v) is 10.5. The Bertz CT molecular complexity index is 1450. The maximum atomic E-state index is 12.4. The molecule has 1 saturated carbocycles. The molecule has 6 rings (SSSR count). The van der Waals surface area contributed by atoms with Crippen LogP contribution in [-0.2, 0) is 17.8 Å². The van der Waals surface area contributed by atoms with Crippen LogP contribution >= 0.6 is 0 Å². The van der Waals surface area contributed by atoms with Gasteiger partial charge in [-0.25, -0.2) is 9.97 Å². The van der Waals surface area contributed by atoms with Crippen molar-refractivity contribution >= 4 is 17.4 Å². The summed E-state index contributed by atoms with van der Waals surface area (Å²) in [5.74, 6) is 2.01. The summed E-state index contributed by atoms with van der Waals surface area (Å²) in [6.07, 6.45) is 9.03. The molecule has 0 unspecified atom stereocenters. The number of hydrogen-bond acceptors (Lipinski definition) is 7. The molecule has 2 aromatic heterocycles. The molecule has 1 fully saturated rings. The van der Waals surface area contributed by atoms with Crippen molar-refractivity contribution in [2.75, 3.05) is 25.0 Å². The van der Waals surface area contributed by atoms with Gasteiger partial charge < -0.3 is 15.4 Å². The van der Waals surface area contributed by atoms with E-state index in [0.717, 1.165) is 78.3 Å². The van der Waals surface area contributed by atoms with Gasteiger partial charge in [0.25, 0.3) is 5.91 Å². The monoisotopic (exact) mass is 537 g/mol. The third-order valence-electron chi connectivity index (χ3n) is 7.75. The summed E-state index contributed by atoms with van der Waals surface area (Å²) >= 11 is 0. The van der Waals surface area contributed by atoms with Crippen molar-refractivity contribution < 1.29 is 9.53 Å². The number of aromatic amines is 1. The molecule has 0 atom stereocenters. The number of carbonyl (C=O) groups is 1. The Labute approximate surface area is 234 Å². The summed E-state index contributed by atoms with van der Waals surface area (Å²) in [5.41, 5.74) is 6.15. The Kier molecular flexibility index (Phi) is 7.72. The smallest absolute Gasteiger partial charge is 0.258 e. The van der Waals surface area contributed by atoms with Crippen molar-refractivity contribution in [3.8, 4) is 28.3 Å². The molecular weight excluding hydrogens is 502 g/mol. The number of nitrogens with zero attached hydrogens (tertiary/aromatic N) is 4. The molecule has 1 amide bonds. The molecule has 2 aromatic carbocycles. The first-order valence-corrected chi connectivity index (χ1v) is 14.2. The zero-order chi connectivity index (χ0) is 27.3. The predicted octanol–water partition coefficient (Wildman–Crippen LogP) is 5.09. The Morgan fingerprint density at radius 2 is 1.93 bits per heavy atom. The van der Waals surface area contributed by atoms with E-state index in [1.54, 1.807) is 0 Å². The van der Waals surface area contributed by atoms with Gasteiger partial charge in [0.15, 0.2) is 12.4 Å². The van der Waals surface area contributed by atoms with Gasteiger partial charge in [0.2, 0.25) is 0 Å². The highest BCUT2D eigenvalue weighted by atomic mass is 16.5. The summed E-state index contributed by atoms with van der Waals surface area (Å²) in [7, 11) is 0. The number of carbonyl (C=O) groups excluding carboxylic acids is 1. The number of anilines is 2. The number of ether oxygens (including phenoxy) is 1. The van der Waals surface area contributed by atoms with Crippen molar-refractivity contribution in [3.05, 3.63) is 72.2 Å². The Morgan fingerprint density at radius 3 is 2.70 bits per heavy atom. The zero-order valence-electron chi connectivity index (χ0n) is 22.8. The number of rotatable bonds is 9. The molecule has 0 saturated heterocycles. The number of fused-ring (bicyclic) bond motifs is 1. The second-order valence-electron chi connectivity index (χ2n) is 10.5. The van der Waals surface area contributed by atoms with E-state index in [2.05, 4.69) is 56.9 Å². The highest BCUT2D eigenvalue weighted by Gasteiger charge is 2.23. The van der Waals surface area contributed by atoms with Crippen molar-refractivity contribution in [2.24, 2.45) is 0 Å². The van der Waals surface area contributed by atoms with Crippen LogP contribution in [-0.4, -0.2) is 56.7 Å². The lowest BCUT2D eigenvalue weighted by molar-refractivity contribution is -0.123. The summed E-state index contributed by atoms with van der Waals surface area (Å²) < 4.78 is 5.85. The number of benzene rings is 2. The van der Waals surface area contributed by atoms with Crippen LogP contribution in [0.2, 0.25) is 0 Å². The topological polar surface area (TPSA) is 108 Å². The maximum absolute atomic E-state index is 12.4. The lowest BCUT2D eigenvalue weighted by atomic mass is 10.0. The quantitative estimate of drug-likeness (QED) is 0.273. The first kappa shape index (κ1) is 26.0. The Morgan fingerprint density at radius 1 is 1.07 bits per heavy atom. The average molecular weight is 538 g/mol. The van der Waals surface area contributed by atoms with Crippen LogP contribution in [0.3, 0.4) is 0 Å². The van der Waals surface area contributed by atoms with Gasteiger partial charge in [-0.1, -0.05) is 44.0 Å². The fourth-order valence-electron chi connectivity index (χ4n) is 5.48. The summed E-state index contributed by atoms with van der Waals surface area (Å²) in [6.45, 7) is 4.94. The average Bonchev–Trinajstić information content (AvgIpc) is 3.72. The number of amides is 1. The maximum Gasteiger partial charge on any atom is 0.258 e. The van der Waals surface area contributed by atoms with E-state index in [0.29, 0.717) is 11.6 Å². The standard InChI is InChI=1S/C31H35N7O2/c1-2-38-15-14-28-27(19-38)31(35-25-12-10-21(11-13-25)23-17-32-33-18-23)37-30(36-28)22-6-5-9-26(16-22)40-20-29(39)34-24-7-3-4-8-24/h5-6,9-13,16-18,24H,2-4,7-8,14-15,19-20H2,1H3,(H,32,33)(H,34,39)(H,35,36,37). The van der Waals surface area contributed by atoms with Crippen LogP contribution in [0.1, 0.15) is 43.9 Å². The highest BCUT2D eigenvalue weighted by molar-refractivity contribution is 5.78. The summed E-state index contributed by atoms with van der Waals surface area (Å²) in [5, 5.41) is 13.5. The fourth-order valence-corrected chi connectivity index (χ4v) is 5.48. The van der Waals surface area contributed by atoms with Crippen LogP contribution in [0.15, 0.2) is 60.9 Å². The van der Waals surface area contributed by atoms with Crippen LogP contribution in [0, 0.1) is 0 Å². The fraction of sp³-hybridized carbons (Fsp3) is 0.355. The minimum absolute atomic E-state index is 0.000525. The van der Waals surface area contributed by atoms with Crippen LogP contribution in [0.4, 0.5) is 11.5 Å². The lowest BCUT2D eigenvalue weighted by Gasteiger charge is -2.28. The summed E-state index contributed by atoms with van der Waals surface area (Å²) in [6, 6.07) is 16.2. The van der Waals surface area contributed by atoms with E-state index < -0.39 is 0 Å². The van der Waals surface area contributed by atoms with Gasteiger partial charge in [-0.3, -0.25) is 14.8 Å². The van der Waals surface area contributed by atoms with Gasteiger partial charge in [-0.2, -0.15) is 5.10 Å². The molecule has 2 aliphatic rings. The van der Waals surface area contributed by atoms with E-state index in [4.69, 9.17) is 14.7 Å². The largest absolute Gasteiger partial charge is 0.484 e. The van der Waals surface area contributed by atoms with Crippen molar-refractivity contribution in [1.82, 2.24) is 30.4 Å². The molecule has 9 heteroatoms. The van der Waals surface area contributed by atoms with E-state index >= 15 is 0 Å². The van der Waals surface area contributed by atoms with Gasteiger partial charge in [0.05, 0.1) is 11.9 Å². The van der Waals surface area contributed by atoms with Crippen LogP contribution in [0.25, 0.3) is 22.5 Å². The molecule has 1 aliphatic carbocycles. The second kappa shape index (κ2) is 11.9. The van der Waals surface area contributed by atoms with Gasteiger partial charge >= 0.3 is 0 Å². The molecule has 3 N–H and O–H groups in total. The zero-order valence-corrected chi connectivity index (χ0v) is 22.8. The first-order chi connectivity index (χ1) is 19.6. The Balaban J connectivity index is 1.23. The third kappa shape index (κ3) is 5.99. The van der Waals surface area contributed by atoms with E-state index in [-0.39, 0.29) is 18.6 Å². The molecule has 40 heavy (non-hydrogen) atoms. The molecule has 1 aliphatic heterocycles. The van der Waals surface area contributed by atoms with Gasteiger partial charge in [-0.05, 0) is 49.2 Å². The minimum Gasteiger partial charge on any atom is -0.484 e. The third-order valence-corrected chi connectivity index (χ3v) is 7.75. The predicted molar refractivity (Wildman–Crippen MR) is 155 cm³/mol. The highest BCUT2D eigenvalue weighted by Crippen LogP contribution is 2.31. The van der Waals surface area contributed by atoms with Crippen LogP contribution in [0.5, 0.6) is 5.75 Å². The van der Waals surface area contributed by atoms with Gasteiger partial charge in [0, 0.05) is 54.1 Å². The van der Waals surface area contributed by atoms with E-state index in [1.807, 2.05) is 36.7 Å². The number of aromatic nitrogens is 4. The minimum atomic E-state index is -0.0758. The lowest BCUT2D eigenvalue weighted by Crippen LogP contribution is -2.36. The molecule has 9 nitrogen and oxygen atoms in total. The van der Waals surface area contributed by atoms with E-state index in [1.165, 1.54) is 12.8 Å². The molecule has 0 spiro atoms. The first-order valence-electron chi connectivity index (χ1n) is 14.2. The van der Waals surface area contributed by atoms with Gasteiger partial charge in [-0.15, -0.1) is 0 Å². The molecule has 3 heterocycles. The molecule has 0 radical (unpaired) electrons. The van der Waals surface area contributed by atoms with E-state index in [9.17, 15) is 4.79 Å². The SMILES string of the molecule is CCN1CCc2nc(-c3cccc(OCC(=O)NC4CCCC4)c3)nc(Nc3ccc(-c4cn[nH]c4)cc3)c2C1. The number of H-pyrrole nitrogens is 1. The summed E-state index contributed by atoms with van der Waals surface area (Å²) in [4.78, 5) is 24.8.